The van der Waals surface area contributed by atoms with Crippen LogP contribution in [0.4, 0.5) is 0 Å². The minimum Gasteiger partial charge on any atom is -0.494 e. The second-order valence-electron chi connectivity index (χ2n) is 4.96. The molecule has 0 fully saturated rings. The van der Waals surface area contributed by atoms with Gasteiger partial charge in [0.1, 0.15) is 5.75 Å². The van der Waals surface area contributed by atoms with Crippen LogP contribution in [0.3, 0.4) is 0 Å². The van der Waals surface area contributed by atoms with Crippen molar-refractivity contribution >= 4 is 0 Å². The van der Waals surface area contributed by atoms with Gasteiger partial charge in [0.05, 0.1) is 12.7 Å². The molecule has 2 heteroatoms. The van der Waals surface area contributed by atoms with Crippen molar-refractivity contribution in [3.8, 4) is 5.75 Å². The van der Waals surface area contributed by atoms with Crippen LogP contribution < -0.4 is 4.74 Å². The van der Waals surface area contributed by atoms with Crippen LogP contribution in [0.1, 0.15) is 37.0 Å². The zero-order valence-electron chi connectivity index (χ0n) is 12.0. The van der Waals surface area contributed by atoms with Gasteiger partial charge in [0.2, 0.25) is 0 Å². The molecule has 2 aromatic rings. The third-order valence-electron chi connectivity index (χ3n) is 3.29. The monoisotopic (exact) mass is 270 g/mol. The molecule has 0 saturated carbocycles. The van der Waals surface area contributed by atoms with Crippen LogP contribution in [-0.2, 0) is 6.42 Å². The predicted octanol–water partition coefficient (Wildman–Crippen LogP) is 4.14. The van der Waals surface area contributed by atoms with Crippen molar-refractivity contribution in [2.75, 3.05) is 6.61 Å². The predicted molar refractivity (Wildman–Crippen MR) is 82.0 cm³/mol. The van der Waals surface area contributed by atoms with E-state index in [1.807, 2.05) is 42.5 Å². The topological polar surface area (TPSA) is 29.5 Å². The molecule has 0 spiro atoms. The second-order valence-corrected chi connectivity index (χ2v) is 4.96. The Labute approximate surface area is 121 Å². The number of rotatable bonds is 7. The summed E-state index contributed by atoms with van der Waals surface area (Å²) in [5.74, 6) is 0.867. The van der Waals surface area contributed by atoms with Gasteiger partial charge in [0.25, 0.3) is 0 Å². The van der Waals surface area contributed by atoms with E-state index in [-0.39, 0.29) is 0 Å². The van der Waals surface area contributed by atoms with Gasteiger partial charge >= 0.3 is 0 Å². The van der Waals surface area contributed by atoms with E-state index in [0.29, 0.717) is 0 Å². The molecule has 2 aromatic carbocycles. The number of benzene rings is 2. The summed E-state index contributed by atoms with van der Waals surface area (Å²) in [6.07, 6.45) is 2.20. The third kappa shape index (κ3) is 4.39. The van der Waals surface area contributed by atoms with E-state index >= 15 is 0 Å². The van der Waals surface area contributed by atoms with Gasteiger partial charge in [-0.15, -0.1) is 0 Å². The first-order valence-corrected chi connectivity index (χ1v) is 7.24. The molecule has 0 radical (unpaired) electrons. The van der Waals surface area contributed by atoms with Crippen molar-refractivity contribution in [2.24, 2.45) is 0 Å². The summed E-state index contributed by atoms with van der Waals surface area (Å²) in [6, 6.07) is 18.0. The van der Waals surface area contributed by atoms with Gasteiger partial charge in [-0.3, -0.25) is 0 Å². The lowest BCUT2D eigenvalue weighted by atomic mass is 10.0. The number of ether oxygens (including phenoxy) is 1. The summed E-state index contributed by atoms with van der Waals surface area (Å²) < 4.78 is 5.54. The molecule has 0 bridgehead atoms. The smallest absolute Gasteiger partial charge is 0.119 e. The molecule has 0 saturated heterocycles. The minimum absolute atomic E-state index is 0.421. The summed E-state index contributed by atoms with van der Waals surface area (Å²) in [6.45, 7) is 2.82. The number of aliphatic hydroxyl groups excluding tert-OH is 1. The van der Waals surface area contributed by atoms with Gasteiger partial charge in [0.15, 0.2) is 0 Å². The first kappa shape index (κ1) is 14.6. The number of hydrogen-bond donors (Lipinski definition) is 1. The number of hydrogen-bond acceptors (Lipinski definition) is 2. The van der Waals surface area contributed by atoms with Gasteiger partial charge in [-0.25, -0.2) is 0 Å². The molecule has 1 unspecified atom stereocenters. The van der Waals surface area contributed by atoms with Crippen LogP contribution >= 0.6 is 0 Å². The Bertz CT molecular complexity index is 491. The number of aryl methyl sites for hydroxylation is 1. The fourth-order valence-electron chi connectivity index (χ4n) is 2.12. The fourth-order valence-corrected chi connectivity index (χ4v) is 2.12. The van der Waals surface area contributed by atoms with Crippen LogP contribution in [0.15, 0.2) is 54.6 Å². The van der Waals surface area contributed by atoms with Crippen LogP contribution in [0, 0.1) is 0 Å². The molecule has 20 heavy (non-hydrogen) atoms. The number of aliphatic hydroxyl groups is 1. The third-order valence-corrected chi connectivity index (χ3v) is 3.29. The first-order chi connectivity index (χ1) is 9.79. The van der Waals surface area contributed by atoms with Crippen molar-refractivity contribution in [3.05, 3.63) is 65.7 Å². The lowest BCUT2D eigenvalue weighted by molar-refractivity contribution is 0.167. The van der Waals surface area contributed by atoms with E-state index in [1.54, 1.807) is 0 Å². The van der Waals surface area contributed by atoms with Gasteiger partial charge in [0, 0.05) is 0 Å². The summed E-state index contributed by atoms with van der Waals surface area (Å²) in [5, 5.41) is 10.2. The van der Waals surface area contributed by atoms with Crippen molar-refractivity contribution < 1.29 is 9.84 Å². The molecule has 0 aliphatic heterocycles. The maximum absolute atomic E-state index is 10.2. The molecule has 0 amide bonds. The quantitative estimate of drug-likeness (QED) is 0.819. The molecule has 2 nitrogen and oxygen atoms in total. The largest absolute Gasteiger partial charge is 0.494 e. The molecule has 1 N–H and O–H groups in total. The Morgan fingerprint density at radius 3 is 2.35 bits per heavy atom. The fraction of sp³-hybridized carbons (Fsp3) is 0.333. The molecule has 0 aliphatic rings. The molecular formula is C18H22O2. The van der Waals surface area contributed by atoms with E-state index in [2.05, 4.69) is 19.1 Å². The standard InChI is InChI=1S/C18H22O2/c1-2-14-20-17-11-9-16(10-12-17)18(19)13-8-15-6-4-3-5-7-15/h3-7,9-12,18-19H,2,8,13-14H2,1H3. The summed E-state index contributed by atoms with van der Waals surface area (Å²) >= 11 is 0. The van der Waals surface area contributed by atoms with Crippen molar-refractivity contribution in [3.63, 3.8) is 0 Å². The van der Waals surface area contributed by atoms with E-state index in [1.165, 1.54) is 5.56 Å². The van der Waals surface area contributed by atoms with Gasteiger partial charge < -0.3 is 9.84 Å². The molecule has 106 valence electrons. The van der Waals surface area contributed by atoms with Gasteiger partial charge in [-0.05, 0) is 42.5 Å². The molecule has 0 aromatic heterocycles. The maximum atomic E-state index is 10.2. The molecule has 0 heterocycles. The van der Waals surface area contributed by atoms with Crippen LogP contribution in [-0.4, -0.2) is 11.7 Å². The molecule has 2 rings (SSSR count). The summed E-state index contributed by atoms with van der Waals surface area (Å²) in [7, 11) is 0. The average Bonchev–Trinajstić information content (AvgIpc) is 2.52. The van der Waals surface area contributed by atoms with E-state index < -0.39 is 6.10 Å². The highest BCUT2D eigenvalue weighted by molar-refractivity contribution is 5.28. The zero-order chi connectivity index (χ0) is 14.2. The lowest BCUT2D eigenvalue weighted by Crippen LogP contribution is -2.00. The van der Waals surface area contributed by atoms with Gasteiger partial charge in [-0.1, -0.05) is 49.4 Å². The van der Waals surface area contributed by atoms with Crippen LogP contribution in [0.2, 0.25) is 0 Å². The van der Waals surface area contributed by atoms with E-state index in [0.717, 1.165) is 37.2 Å². The maximum Gasteiger partial charge on any atom is 0.119 e. The SMILES string of the molecule is CCCOc1ccc(C(O)CCc2ccccc2)cc1. The zero-order valence-corrected chi connectivity index (χ0v) is 12.0. The van der Waals surface area contributed by atoms with Crippen LogP contribution in [0.5, 0.6) is 5.75 Å². The van der Waals surface area contributed by atoms with E-state index in [4.69, 9.17) is 4.74 Å². The molecule has 1 atom stereocenters. The Morgan fingerprint density at radius 1 is 1.00 bits per heavy atom. The highest BCUT2D eigenvalue weighted by Gasteiger charge is 2.07. The highest BCUT2D eigenvalue weighted by atomic mass is 16.5. The Morgan fingerprint density at radius 2 is 1.70 bits per heavy atom. The summed E-state index contributed by atoms with van der Waals surface area (Å²) in [5.41, 5.74) is 2.21. The second kappa shape index (κ2) is 7.71. The van der Waals surface area contributed by atoms with Crippen molar-refractivity contribution in [2.45, 2.75) is 32.3 Å². The normalized spacial score (nSPS) is 12.1. The molecule has 0 aliphatic carbocycles. The van der Waals surface area contributed by atoms with E-state index in [9.17, 15) is 5.11 Å². The van der Waals surface area contributed by atoms with Crippen molar-refractivity contribution in [1.29, 1.82) is 0 Å². The van der Waals surface area contributed by atoms with Crippen LogP contribution in [0.25, 0.3) is 0 Å². The van der Waals surface area contributed by atoms with Gasteiger partial charge in [-0.2, -0.15) is 0 Å². The lowest BCUT2D eigenvalue weighted by Gasteiger charge is -2.12. The average molecular weight is 270 g/mol. The minimum atomic E-state index is -0.421. The first-order valence-electron chi connectivity index (χ1n) is 7.24. The highest BCUT2D eigenvalue weighted by Crippen LogP contribution is 2.21. The summed E-state index contributed by atoms with van der Waals surface area (Å²) in [4.78, 5) is 0. The molecular weight excluding hydrogens is 248 g/mol. The Hall–Kier alpha value is -1.80. The Balaban J connectivity index is 1.87. The van der Waals surface area contributed by atoms with Crippen molar-refractivity contribution in [1.82, 2.24) is 0 Å². The Kier molecular flexibility index (Phi) is 5.63.